The SMILES string of the molecule is COc1ccc(Oc2ncc(C)cc2Br)c([N+](=O)[O-])c1. The van der Waals surface area contributed by atoms with Gasteiger partial charge in [0, 0.05) is 6.20 Å². The highest BCUT2D eigenvalue weighted by Gasteiger charge is 2.18. The summed E-state index contributed by atoms with van der Waals surface area (Å²) in [6.07, 6.45) is 1.62. The summed E-state index contributed by atoms with van der Waals surface area (Å²) in [6, 6.07) is 6.19. The van der Waals surface area contributed by atoms with Crippen molar-refractivity contribution >= 4 is 21.6 Å². The number of rotatable bonds is 4. The van der Waals surface area contributed by atoms with E-state index >= 15 is 0 Å². The normalized spacial score (nSPS) is 10.2. The van der Waals surface area contributed by atoms with Gasteiger partial charge in [0.15, 0.2) is 0 Å². The molecule has 0 saturated carbocycles. The lowest BCUT2D eigenvalue weighted by molar-refractivity contribution is -0.385. The van der Waals surface area contributed by atoms with E-state index in [4.69, 9.17) is 9.47 Å². The van der Waals surface area contributed by atoms with Crippen LogP contribution in [0.3, 0.4) is 0 Å². The fourth-order valence-corrected chi connectivity index (χ4v) is 2.10. The van der Waals surface area contributed by atoms with Gasteiger partial charge in [-0.3, -0.25) is 10.1 Å². The zero-order valence-corrected chi connectivity index (χ0v) is 12.4. The molecule has 0 atom stereocenters. The third-order valence-corrected chi connectivity index (χ3v) is 3.08. The van der Waals surface area contributed by atoms with E-state index in [1.165, 1.54) is 19.2 Å². The Balaban J connectivity index is 2.40. The molecule has 0 fully saturated rings. The van der Waals surface area contributed by atoms with Gasteiger partial charge in [-0.25, -0.2) is 4.98 Å². The van der Waals surface area contributed by atoms with Crippen LogP contribution in [0.25, 0.3) is 0 Å². The van der Waals surface area contributed by atoms with Crippen molar-refractivity contribution in [2.45, 2.75) is 6.92 Å². The van der Waals surface area contributed by atoms with Crippen LogP contribution in [0.4, 0.5) is 5.69 Å². The van der Waals surface area contributed by atoms with Crippen LogP contribution < -0.4 is 9.47 Å². The second-order valence-corrected chi connectivity index (χ2v) is 4.85. The Kier molecular flexibility index (Phi) is 4.19. The average molecular weight is 339 g/mol. The molecule has 0 spiro atoms. The molecule has 0 aliphatic carbocycles. The van der Waals surface area contributed by atoms with Gasteiger partial charge in [0.1, 0.15) is 5.75 Å². The van der Waals surface area contributed by atoms with Gasteiger partial charge in [0.2, 0.25) is 11.6 Å². The molecule has 0 radical (unpaired) electrons. The van der Waals surface area contributed by atoms with E-state index in [-0.39, 0.29) is 17.3 Å². The van der Waals surface area contributed by atoms with E-state index in [0.29, 0.717) is 10.2 Å². The van der Waals surface area contributed by atoms with Gasteiger partial charge in [-0.15, -0.1) is 0 Å². The lowest BCUT2D eigenvalue weighted by Crippen LogP contribution is -1.96. The molecule has 0 aliphatic heterocycles. The molecule has 0 N–H and O–H groups in total. The molecule has 1 aromatic heterocycles. The number of nitrogens with zero attached hydrogens (tertiary/aromatic N) is 2. The van der Waals surface area contributed by atoms with Gasteiger partial charge < -0.3 is 9.47 Å². The summed E-state index contributed by atoms with van der Waals surface area (Å²) >= 11 is 3.31. The van der Waals surface area contributed by atoms with E-state index < -0.39 is 4.92 Å². The van der Waals surface area contributed by atoms with Crippen LogP contribution in [-0.2, 0) is 0 Å². The van der Waals surface area contributed by atoms with E-state index in [9.17, 15) is 10.1 Å². The molecule has 2 rings (SSSR count). The first-order chi connectivity index (χ1) is 9.51. The van der Waals surface area contributed by atoms with Crippen molar-refractivity contribution < 1.29 is 14.4 Å². The number of nitro benzene ring substituents is 1. The topological polar surface area (TPSA) is 74.5 Å². The summed E-state index contributed by atoms with van der Waals surface area (Å²) < 4.78 is 11.1. The molecule has 0 aliphatic rings. The van der Waals surface area contributed by atoms with E-state index in [1.807, 2.05) is 13.0 Å². The Morgan fingerprint density at radius 2 is 2.10 bits per heavy atom. The quantitative estimate of drug-likeness (QED) is 0.625. The maximum Gasteiger partial charge on any atom is 0.315 e. The molecule has 0 amide bonds. The Labute approximate surface area is 123 Å². The maximum atomic E-state index is 11.1. The monoisotopic (exact) mass is 338 g/mol. The van der Waals surface area contributed by atoms with Crippen LogP contribution in [0.1, 0.15) is 5.56 Å². The number of ether oxygens (including phenoxy) is 2. The number of aryl methyl sites for hydroxylation is 1. The highest BCUT2D eigenvalue weighted by molar-refractivity contribution is 9.10. The van der Waals surface area contributed by atoms with E-state index in [2.05, 4.69) is 20.9 Å². The predicted octanol–water partition coefficient (Wildman–Crippen LogP) is 3.86. The Bertz CT molecular complexity index is 661. The van der Waals surface area contributed by atoms with Crippen LogP contribution in [0, 0.1) is 17.0 Å². The van der Waals surface area contributed by atoms with Gasteiger partial charge >= 0.3 is 5.69 Å². The molecule has 20 heavy (non-hydrogen) atoms. The number of nitro groups is 1. The molecule has 1 heterocycles. The van der Waals surface area contributed by atoms with E-state index in [1.54, 1.807) is 12.3 Å². The third kappa shape index (κ3) is 3.05. The van der Waals surface area contributed by atoms with Crippen molar-refractivity contribution in [2.24, 2.45) is 0 Å². The second kappa shape index (κ2) is 5.87. The first-order valence-corrected chi connectivity index (χ1v) is 6.43. The molecule has 1 aromatic carbocycles. The summed E-state index contributed by atoms with van der Waals surface area (Å²) in [4.78, 5) is 14.6. The fourth-order valence-electron chi connectivity index (χ4n) is 1.55. The van der Waals surface area contributed by atoms with Crippen LogP contribution in [0.2, 0.25) is 0 Å². The van der Waals surface area contributed by atoms with Crippen molar-refractivity contribution in [3.8, 4) is 17.4 Å². The van der Waals surface area contributed by atoms with Crippen molar-refractivity contribution in [3.63, 3.8) is 0 Å². The molecule has 6 nitrogen and oxygen atoms in total. The summed E-state index contributed by atoms with van der Waals surface area (Å²) in [6.45, 7) is 1.89. The third-order valence-electron chi connectivity index (χ3n) is 2.51. The zero-order chi connectivity index (χ0) is 14.7. The minimum Gasteiger partial charge on any atom is -0.496 e. The Morgan fingerprint density at radius 1 is 1.35 bits per heavy atom. The highest BCUT2D eigenvalue weighted by Crippen LogP contribution is 2.36. The molecular formula is C13H11BrN2O4. The number of hydrogen-bond donors (Lipinski definition) is 0. The largest absolute Gasteiger partial charge is 0.496 e. The lowest BCUT2D eigenvalue weighted by Gasteiger charge is -2.08. The number of benzene rings is 1. The summed E-state index contributed by atoms with van der Waals surface area (Å²) in [7, 11) is 1.44. The number of pyridine rings is 1. The van der Waals surface area contributed by atoms with Gasteiger partial charge in [0.25, 0.3) is 0 Å². The molecule has 7 heteroatoms. The van der Waals surface area contributed by atoms with Crippen molar-refractivity contribution in [1.29, 1.82) is 0 Å². The van der Waals surface area contributed by atoms with Gasteiger partial charge in [-0.05, 0) is 46.6 Å². The Morgan fingerprint density at radius 3 is 2.70 bits per heavy atom. The van der Waals surface area contributed by atoms with Crippen LogP contribution in [0.5, 0.6) is 17.4 Å². The zero-order valence-electron chi connectivity index (χ0n) is 10.8. The predicted molar refractivity (Wildman–Crippen MR) is 76.4 cm³/mol. The van der Waals surface area contributed by atoms with Crippen LogP contribution in [0.15, 0.2) is 34.9 Å². The van der Waals surface area contributed by atoms with Crippen molar-refractivity contribution in [2.75, 3.05) is 7.11 Å². The smallest absolute Gasteiger partial charge is 0.315 e. The number of hydrogen-bond acceptors (Lipinski definition) is 5. The minimum absolute atomic E-state index is 0.104. The fraction of sp³-hybridized carbons (Fsp3) is 0.154. The maximum absolute atomic E-state index is 11.1. The summed E-state index contributed by atoms with van der Waals surface area (Å²) in [5, 5.41) is 11.1. The molecule has 104 valence electrons. The highest BCUT2D eigenvalue weighted by atomic mass is 79.9. The second-order valence-electron chi connectivity index (χ2n) is 3.99. The number of methoxy groups -OCH3 is 1. The first kappa shape index (κ1) is 14.3. The molecule has 0 saturated heterocycles. The first-order valence-electron chi connectivity index (χ1n) is 5.63. The van der Waals surface area contributed by atoms with Gasteiger partial charge in [0.05, 0.1) is 22.6 Å². The van der Waals surface area contributed by atoms with Crippen LogP contribution in [-0.4, -0.2) is 17.0 Å². The standard InChI is InChI=1S/C13H11BrN2O4/c1-8-5-10(14)13(15-7-8)20-12-4-3-9(19-2)6-11(12)16(17)18/h3-7H,1-2H3. The van der Waals surface area contributed by atoms with Crippen molar-refractivity contribution in [1.82, 2.24) is 4.98 Å². The molecule has 2 aromatic rings. The minimum atomic E-state index is -0.528. The average Bonchev–Trinajstić information content (AvgIpc) is 2.42. The molecule has 0 unspecified atom stereocenters. The molecule has 0 bridgehead atoms. The van der Waals surface area contributed by atoms with Gasteiger partial charge in [-0.2, -0.15) is 0 Å². The van der Waals surface area contributed by atoms with Crippen LogP contribution >= 0.6 is 15.9 Å². The number of aromatic nitrogens is 1. The Hall–Kier alpha value is -2.15. The number of halogens is 1. The summed E-state index contributed by atoms with van der Waals surface area (Å²) in [5.74, 6) is 0.761. The summed E-state index contributed by atoms with van der Waals surface area (Å²) in [5.41, 5.74) is 0.770. The van der Waals surface area contributed by atoms with Crippen molar-refractivity contribution in [3.05, 3.63) is 50.6 Å². The lowest BCUT2D eigenvalue weighted by atomic mass is 10.3. The van der Waals surface area contributed by atoms with E-state index in [0.717, 1.165) is 5.56 Å². The molecular weight excluding hydrogens is 328 g/mol. The van der Waals surface area contributed by atoms with Gasteiger partial charge in [-0.1, -0.05) is 0 Å².